The molecule has 0 radical (unpaired) electrons. The van der Waals surface area contributed by atoms with Crippen LogP contribution in [0.4, 0.5) is 16.2 Å². The summed E-state index contributed by atoms with van der Waals surface area (Å²) < 4.78 is 0. The molecule has 2 aromatic carbocycles. The summed E-state index contributed by atoms with van der Waals surface area (Å²) in [6.45, 7) is 1.54. The number of hydrogen-bond donors (Lipinski definition) is 2. The maximum Gasteiger partial charge on any atom is 0.321 e. The first-order chi connectivity index (χ1) is 15.2. The van der Waals surface area contributed by atoms with Crippen LogP contribution in [0.5, 0.6) is 0 Å². The highest BCUT2D eigenvalue weighted by molar-refractivity contribution is 7.98. The summed E-state index contributed by atoms with van der Waals surface area (Å²) in [4.78, 5) is 32.2. The number of nitrogens with one attached hydrogen (secondary N) is 2. The zero-order valence-electron chi connectivity index (χ0n) is 17.1. The highest BCUT2D eigenvalue weighted by atomic mass is 32.2. The van der Waals surface area contributed by atoms with E-state index in [0.717, 1.165) is 42.1 Å². The molecule has 4 rings (SSSR count). The fraction of sp³-hybridized carbons (Fsp3) is 0.208. The predicted octanol–water partition coefficient (Wildman–Crippen LogP) is 5.25. The van der Waals surface area contributed by atoms with Crippen LogP contribution in [-0.4, -0.2) is 34.9 Å². The average molecular weight is 433 g/mol. The standard InChI is InChI=1S/C24H24N4O2S/c29-23(19-9-11-20(12-10-19)31-17-18-6-5-13-25-16-18)26-21-7-1-2-8-22(21)27-24(30)28-14-3-4-15-28/h1-2,5-13,16H,3-4,14-15,17H2,(H,26,29)(H,27,30). The van der Waals surface area contributed by atoms with E-state index in [1.54, 1.807) is 35.0 Å². The van der Waals surface area contributed by atoms with Gasteiger partial charge >= 0.3 is 6.03 Å². The lowest BCUT2D eigenvalue weighted by molar-refractivity contribution is 0.102. The van der Waals surface area contributed by atoms with E-state index in [0.29, 0.717) is 16.9 Å². The number of amides is 3. The molecule has 6 nitrogen and oxygen atoms in total. The van der Waals surface area contributed by atoms with Crippen LogP contribution in [0.1, 0.15) is 28.8 Å². The molecule has 3 aromatic rings. The van der Waals surface area contributed by atoms with Gasteiger partial charge in [-0.25, -0.2) is 4.79 Å². The molecular formula is C24H24N4O2S. The van der Waals surface area contributed by atoms with Crippen molar-refractivity contribution < 1.29 is 9.59 Å². The van der Waals surface area contributed by atoms with Crippen LogP contribution in [0.15, 0.2) is 78.0 Å². The van der Waals surface area contributed by atoms with Crippen LogP contribution >= 0.6 is 11.8 Å². The molecule has 2 N–H and O–H groups in total. The Morgan fingerprint density at radius 3 is 2.29 bits per heavy atom. The number of thioether (sulfide) groups is 1. The SMILES string of the molecule is O=C(Nc1ccccc1NC(=O)N1CCCC1)c1ccc(SCc2cccnc2)cc1. The minimum absolute atomic E-state index is 0.130. The van der Waals surface area contributed by atoms with Gasteiger partial charge in [-0.05, 0) is 60.9 Å². The lowest BCUT2D eigenvalue weighted by Gasteiger charge is -2.18. The predicted molar refractivity (Wildman–Crippen MR) is 124 cm³/mol. The normalized spacial score (nSPS) is 13.1. The van der Waals surface area contributed by atoms with Crippen molar-refractivity contribution in [3.8, 4) is 0 Å². The van der Waals surface area contributed by atoms with Gasteiger partial charge in [0.25, 0.3) is 5.91 Å². The van der Waals surface area contributed by atoms with Crippen LogP contribution < -0.4 is 10.6 Å². The summed E-state index contributed by atoms with van der Waals surface area (Å²) in [5.74, 6) is 0.607. The third kappa shape index (κ3) is 5.64. The molecule has 1 saturated heterocycles. The van der Waals surface area contributed by atoms with E-state index in [2.05, 4.69) is 15.6 Å². The van der Waals surface area contributed by atoms with Crippen molar-refractivity contribution in [2.75, 3.05) is 23.7 Å². The van der Waals surface area contributed by atoms with Gasteiger partial charge in [-0.2, -0.15) is 0 Å². The number of benzene rings is 2. The Bertz CT molecular complexity index is 1030. The monoisotopic (exact) mass is 432 g/mol. The molecule has 2 heterocycles. The van der Waals surface area contributed by atoms with Crippen LogP contribution in [0.25, 0.3) is 0 Å². The van der Waals surface area contributed by atoms with Gasteiger partial charge in [0, 0.05) is 41.7 Å². The zero-order chi connectivity index (χ0) is 21.5. The number of urea groups is 1. The third-order valence-electron chi connectivity index (χ3n) is 5.05. The Balaban J connectivity index is 1.37. The first-order valence-corrected chi connectivity index (χ1v) is 11.3. The van der Waals surface area contributed by atoms with Crippen LogP contribution in [0.3, 0.4) is 0 Å². The number of likely N-dealkylation sites (tertiary alicyclic amines) is 1. The molecule has 1 aliphatic rings. The maximum atomic E-state index is 12.7. The number of nitrogens with zero attached hydrogens (tertiary/aromatic N) is 2. The van der Waals surface area contributed by atoms with Crippen molar-refractivity contribution in [3.05, 3.63) is 84.2 Å². The summed E-state index contributed by atoms with van der Waals surface area (Å²) in [5.41, 5.74) is 2.89. The number of hydrogen-bond acceptors (Lipinski definition) is 4. The number of pyridine rings is 1. The first-order valence-electron chi connectivity index (χ1n) is 10.3. The second kappa shape index (κ2) is 10.1. The molecule has 0 unspecified atom stereocenters. The molecule has 0 bridgehead atoms. The molecule has 1 aromatic heterocycles. The van der Waals surface area contributed by atoms with Crippen molar-refractivity contribution in [1.82, 2.24) is 9.88 Å². The summed E-state index contributed by atoms with van der Waals surface area (Å²) in [6.07, 6.45) is 5.68. The van der Waals surface area contributed by atoms with Crippen molar-refractivity contribution in [2.45, 2.75) is 23.5 Å². The van der Waals surface area contributed by atoms with Gasteiger partial charge < -0.3 is 15.5 Å². The Kier molecular flexibility index (Phi) is 6.84. The summed E-state index contributed by atoms with van der Waals surface area (Å²) in [7, 11) is 0. The minimum atomic E-state index is -0.216. The average Bonchev–Trinajstić information content (AvgIpc) is 3.35. The van der Waals surface area contributed by atoms with Gasteiger partial charge in [0.05, 0.1) is 11.4 Å². The highest BCUT2D eigenvalue weighted by Crippen LogP contribution is 2.25. The van der Waals surface area contributed by atoms with Crippen molar-refractivity contribution in [1.29, 1.82) is 0 Å². The molecule has 1 aliphatic heterocycles. The molecule has 158 valence electrons. The van der Waals surface area contributed by atoms with E-state index < -0.39 is 0 Å². The second-order valence-corrected chi connectivity index (χ2v) is 8.35. The Labute approximate surface area is 186 Å². The van der Waals surface area contributed by atoms with E-state index >= 15 is 0 Å². The van der Waals surface area contributed by atoms with Gasteiger partial charge in [-0.15, -0.1) is 11.8 Å². The molecule has 0 spiro atoms. The summed E-state index contributed by atoms with van der Waals surface area (Å²) in [5, 5.41) is 5.83. The lowest BCUT2D eigenvalue weighted by atomic mass is 10.2. The Hall–Kier alpha value is -3.32. The van der Waals surface area contributed by atoms with E-state index in [4.69, 9.17) is 0 Å². The minimum Gasteiger partial charge on any atom is -0.325 e. The van der Waals surface area contributed by atoms with Gasteiger partial charge in [0.1, 0.15) is 0 Å². The molecular weight excluding hydrogens is 408 g/mol. The van der Waals surface area contributed by atoms with Crippen molar-refractivity contribution in [2.24, 2.45) is 0 Å². The van der Waals surface area contributed by atoms with Crippen LogP contribution in [-0.2, 0) is 5.75 Å². The molecule has 0 aliphatic carbocycles. The lowest BCUT2D eigenvalue weighted by Crippen LogP contribution is -2.32. The summed E-state index contributed by atoms with van der Waals surface area (Å²) in [6, 6.07) is 18.6. The second-order valence-electron chi connectivity index (χ2n) is 7.30. The van der Waals surface area contributed by atoms with Gasteiger partial charge in [-0.3, -0.25) is 9.78 Å². The Morgan fingerprint density at radius 1 is 0.903 bits per heavy atom. The first kappa shape index (κ1) is 20.9. The smallest absolute Gasteiger partial charge is 0.321 e. The van der Waals surface area contributed by atoms with E-state index in [1.807, 2.05) is 54.7 Å². The van der Waals surface area contributed by atoms with E-state index in [-0.39, 0.29) is 11.9 Å². The highest BCUT2D eigenvalue weighted by Gasteiger charge is 2.19. The van der Waals surface area contributed by atoms with Gasteiger partial charge in [-0.1, -0.05) is 18.2 Å². The van der Waals surface area contributed by atoms with E-state index in [9.17, 15) is 9.59 Å². The largest absolute Gasteiger partial charge is 0.325 e. The van der Waals surface area contributed by atoms with Gasteiger partial charge in [0.15, 0.2) is 0 Å². The molecule has 1 fully saturated rings. The number of aromatic nitrogens is 1. The number of carbonyl (C=O) groups is 2. The molecule has 0 atom stereocenters. The van der Waals surface area contributed by atoms with Gasteiger partial charge in [0.2, 0.25) is 0 Å². The zero-order valence-corrected chi connectivity index (χ0v) is 17.9. The maximum absolute atomic E-state index is 12.7. The molecule has 3 amide bonds. The molecule has 0 saturated carbocycles. The van der Waals surface area contributed by atoms with Crippen molar-refractivity contribution in [3.63, 3.8) is 0 Å². The van der Waals surface area contributed by atoms with Crippen LogP contribution in [0, 0.1) is 0 Å². The van der Waals surface area contributed by atoms with Crippen molar-refractivity contribution >= 4 is 35.1 Å². The fourth-order valence-corrected chi connectivity index (χ4v) is 4.20. The Morgan fingerprint density at radius 2 is 1.61 bits per heavy atom. The number of rotatable bonds is 6. The summed E-state index contributed by atoms with van der Waals surface area (Å²) >= 11 is 1.70. The number of carbonyl (C=O) groups excluding carboxylic acids is 2. The molecule has 31 heavy (non-hydrogen) atoms. The van der Waals surface area contributed by atoms with E-state index in [1.165, 1.54) is 0 Å². The van der Waals surface area contributed by atoms with Crippen LogP contribution in [0.2, 0.25) is 0 Å². The topological polar surface area (TPSA) is 74.3 Å². The fourth-order valence-electron chi connectivity index (χ4n) is 3.36. The third-order valence-corrected chi connectivity index (χ3v) is 6.14. The quantitative estimate of drug-likeness (QED) is 0.522. The number of para-hydroxylation sites is 2. The molecule has 7 heteroatoms. The number of anilines is 2.